The van der Waals surface area contributed by atoms with Crippen molar-refractivity contribution in [2.24, 2.45) is 0 Å². The van der Waals surface area contributed by atoms with Gasteiger partial charge in [-0.2, -0.15) is 4.98 Å². The highest BCUT2D eigenvalue weighted by Gasteiger charge is 2.16. The van der Waals surface area contributed by atoms with Crippen LogP contribution in [0.5, 0.6) is 17.2 Å². The number of nitrogen functional groups attached to an aromatic ring is 1. The molecule has 9 heteroatoms. The Labute approximate surface area is 156 Å². The van der Waals surface area contributed by atoms with Gasteiger partial charge in [-0.05, 0) is 24.6 Å². The first-order valence-electron chi connectivity index (χ1n) is 8.07. The Balaban J connectivity index is 1.81. The van der Waals surface area contributed by atoms with E-state index in [-0.39, 0.29) is 5.75 Å². The van der Waals surface area contributed by atoms with Crippen molar-refractivity contribution in [1.29, 1.82) is 0 Å². The van der Waals surface area contributed by atoms with Gasteiger partial charge in [0.15, 0.2) is 5.75 Å². The van der Waals surface area contributed by atoms with Gasteiger partial charge in [-0.15, -0.1) is 0 Å². The van der Waals surface area contributed by atoms with E-state index in [4.69, 9.17) is 20.3 Å². The van der Waals surface area contributed by atoms with Crippen LogP contribution in [-0.2, 0) is 0 Å². The van der Waals surface area contributed by atoms with Gasteiger partial charge in [0.25, 0.3) is 5.75 Å². The minimum Gasteiger partial charge on any atom is -0.591 e. The van der Waals surface area contributed by atoms with E-state index >= 15 is 0 Å². The quantitative estimate of drug-likeness (QED) is 0.446. The molecule has 0 amide bonds. The minimum atomic E-state index is 0.182. The van der Waals surface area contributed by atoms with Crippen molar-refractivity contribution in [3.63, 3.8) is 0 Å². The van der Waals surface area contributed by atoms with E-state index in [2.05, 4.69) is 25.6 Å². The molecule has 0 aliphatic rings. The number of hydrogen-bond donors (Lipinski definition) is 3. The molecule has 0 atom stereocenters. The summed E-state index contributed by atoms with van der Waals surface area (Å²) in [5, 5.41) is 14.1. The summed E-state index contributed by atoms with van der Waals surface area (Å²) in [6.07, 6.45) is 1.39. The van der Waals surface area contributed by atoms with Crippen LogP contribution in [0, 0.1) is 6.92 Å². The molecule has 0 radical (unpaired) electrons. The van der Waals surface area contributed by atoms with Crippen molar-refractivity contribution in [3.05, 3.63) is 42.2 Å². The van der Waals surface area contributed by atoms with Crippen LogP contribution in [0.25, 0.3) is 0 Å². The Kier molecular flexibility index (Phi) is 5.11. The number of aryl methyl sites for hydroxylation is 1. The first-order valence-corrected chi connectivity index (χ1v) is 8.07. The van der Waals surface area contributed by atoms with Crippen molar-refractivity contribution in [2.45, 2.75) is 6.92 Å². The van der Waals surface area contributed by atoms with Crippen molar-refractivity contribution in [3.8, 4) is 17.2 Å². The molecule has 6 N–H and O–H groups in total. The van der Waals surface area contributed by atoms with E-state index in [1.807, 2.05) is 25.1 Å². The number of aromatic nitrogens is 3. The fraction of sp³-hybridized carbons (Fsp3) is 0.167. The summed E-state index contributed by atoms with van der Waals surface area (Å²) in [4.78, 5) is 12.5. The number of nitrogens with zero attached hydrogens (tertiary/aromatic N) is 3. The van der Waals surface area contributed by atoms with Crippen LogP contribution in [0.4, 0.5) is 29.0 Å². The van der Waals surface area contributed by atoms with Gasteiger partial charge in [0.2, 0.25) is 11.9 Å². The van der Waals surface area contributed by atoms with Crippen LogP contribution in [0.2, 0.25) is 0 Å². The molecule has 0 unspecified atom stereocenters. The van der Waals surface area contributed by atoms with Crippen LogP contribution >= 0.6 is 0 Å². The number of nitrogens with two attached hydrogens (primary N) is 1. The summed E-state index contributed by atoms with van der Waals surface area (Å²) in [6.45, 7) is 1.94. The molecule has 9 nitrogen and oxygen atoms in total. The fourth-order valence-electron chi connectivity index (χ4n) is 2.43. The molecule has 1 heterocycles. The second kappa shape index (κ2) is 7.65. The second-order valence-corrected chi connectivity index (χ2v) is 5.71. The molecule has 2 aromatic carbocycles. The summed E-state index contributed by atoms with van der Waals surface area (Å²) < 4.78 is 10.4. The smallest absolute Gasteiger partial charge is 0.302 e. The highest BCUT2D eigenvalue weighted by Crippen LogP contribution is 2.39. The minimum absolute atomic E-state index is 0.182. The molecule has 0 aliphatic heterocycles. The lowest BCUT2D eigenvalue weighted by molar-refractivity contribution is 0.333. The van der Waals surface area contributed by atoms with Gasteiger partial charge in [-0.3, -0.25) is 0 Å². The van der Waals surface area contributed by atoms with E-state index in [9.17, 15) is 0 Å². The van der Waals surface area contributed by atoms with Crippen molar-refractivity contribution in [2.75, 3.05) is 30.6 Å². The molecule has 0 fully saturated rings. The molecule has 0 saturated heterocycles. The van der Waals surface area contributed by atoms with Crippen molar-refractivity contribution < 1.29 is 14.6 Å². The normalized spacial score (nSPS) is 10.3. The monoisotopic (exact) mass is 369 g/mol. The molecule has 3 aromatic rings. The lowest BCUT2D eigenvalue weighted by atomic mass is 10.2. The highest BCUT2D eigenvalue weighted by atomic mass is 16.5. The third-order valence-electron chi connectivity index (χ3n) is 3.84. The molecule has 0 saturated carbocycles. The summed E-state index contributed by atoms with van der Waals surface area (Å²) in [5.74, 6) is 1.66. The fourth-order valence-corrected chi connectivity index (χ4v) is 2.43. The van der Waals surface area contributed by atoms with Crippen LogP contribution < -0.4 is 25.8 Å². The van der Waals surface area contributed by atoms with Crippen LogP contribution in [-0.4, -0.2) is 34.3 Å². The highest BCUT2D eigenvalue weighted by molar-refractivity contribution is 5.66. The number of hydrogen-bond acceptors (Lipinski definition) is 8. The van der Waals surface area contributed by atoms with Crippen LogP contribution in [0.1, 0.15) is 5.56 Å². The Hall–Kier alpha value is -3.75. The lowest BCUT2D eigenvalue weighted by Gasteiger charge is -2.11. The Bertz CT molecular complexity index is 964. The zero-order valence-electron chi connectivity index (χ0n) is 15.2. The van der Waals surface area contributed by atoms with Crippen LogP contribution in [0.3, 0.4) is 0 Å². The van der Waals surface area contributed by atoms with E-state index in [0.717, 1.165) is 11.3 Å². The topological polar surface area (TPSA) is 130 Å². The van der Waals surface area contributed by atoms with Crippen molar-refractivity contribution in [1.82, 2.24) is 15.0 Å². The zero-order chi connectivity index (χ0) is 19.4. The number of nitrogens with one attached hydrogen (secondary N) is 2. The molecule has 27 heavy (non-hydrogen) atoms. The summed E-state index contributed by atoms with van der Waals surface area (Å²) in [7, 11) is 3.00. The third-order valence-corrected chi connectivity index (χ3v) is 3.84. The second-order valence-electron chi connectivity index (χ2n) is 5.71. The molecular formula is C18H21N6O3+. The van der Waals surface area contributed by atoms with Gasteiger partial charge in [0.1, 0.15) is 6.33 Å². The summed E-state index contributed by atoms with van der Waals surface area (Å²) in [6, 6.07) is 8.92. The summed E-state index contributed by atoms with van der Waals surface area (Å²) >= 11 is 0. The van der Waals surface area contributed by atoms with Crippen LogP contribution in [0.15, 0.2) is 36.7 Å². The number of methoxy groups -OCH3 is 2. The average molecular weight is 369 g/mol. The number of benzene rings is 2. The number of rotatable bonds is 6. The molecule has 0 aliphatic carbocycles. The largest absolute Gasteiger partial charge is 0.591 e. The Morgan fingerprint density at radius 3 is 2.30 bits per heavy atom. The number of anilines is 5. The zero-order valence-corrected chi connectivity index (χ0v) is 15.2. The van der Waals surface area contributed by atoms with Crippen molar-refractivity contribution >= 4 is 29.0 Å². The first-order chi connectivity index (χ1) is 13.0. The third kappa shape index (κ3) is 4.09. The molecule has 0 spiro atoms. The maximum absolute atomic E-state index is 8.03. The van der Waals surface area contributed by atoms with Gasteiger partial charge in [-0.1, -0.05) is 6.07 Å². The average Bonchev–Trinajstić information content (AvgIpc) is 2.64. The van der Waals surface area contributed by atoms with Gasteiger partial charge < -0.3 is 30.9 Å². The summed E-state index contributed by atoms with van der Waals surface area (Å²) in [5.41, 5.74) is 8.97. The maximum Gasteiger partial charge on any atom is 0.302 e. The van der Waals surface area contributed by atoms with Gasteiger partial charge in [0.05, 0.1) is 26.0 Å². The van der Waals surface area contributed by atoms with E-state index in [1.165, 1.54) is 20.5 Å². The molecule has 140 valence electrons. The standard InChI is InChI=1S/C18H20N6O3/c1-10-4-5-11(6-13(10)19)22-17-20-9-21-18(24-17)23-12-7-14(25)16(27-3)15(8-12)26-2/h4-9,25H,19H2,1-3H3,(H2,20,21,22,23,24)/p+1. The maximum atomic E-state index is 8.03. The Morgan fingerprint density at radius 2 is 1.67 bits per heavy atom. The Morgan fingerprint density at radius 1 is 0.963 bits per heavy atom. The van der Waals surface area contributed by atoms with E-state index in [1.54, 1.807) is 12.1 Å². The first kappa shape index (κ1) is 18.1. The van der Waals surface area contributed by atoms with Gasteiger partial charge in [0, 0.05) is 17.4 Å². The molecule has 1 aromatic heterocycles. The molecular weight excluding hydrogens is 348 g/mol. The lowest BCUT2D eigenvalue weighted by Crippen LogP contribution is -2.03. The SMILES string of the molecule is COc1cc(Nc2ncnc(Nc3ccc(C)c(N)c3)n2)cc([OH2+])c1OC. The van der Waals surface area contributed by atoms with Gasteiger partial charge in [-0.25, -0.2) is 9.97 Å². The number of ether oxygens (including phenoxy) is 2. The van der Waals surface area contributed by atoms with E-state index < -0.39 is 0 Å². The predicted molar refractivity (Wildman–Crippen MR) is 105 cm³/mol. The predicted octanol–water partition coefficient (Wildman–Crippen LogP) is 2.70. The molecule has 0 bridgehead atoms. The van der Waals surface area contributed by atoms with E-state index in [0.29, 0.717) is 34.8 Å². The van der Waals surface area contributed by atoms with Gasteiger partial charge >= 0.3 is 5.75 Å². The molecule has 3 rings (SSSR count).